The summed E-state index contributed by atoms with van der Waals surface area (Å²) >= 11 is 0. The van der Waals surface area contributed by atoms with E-state index in [1.165, 1.54) is 12.1 Å². The molecule has 0 aliphatic heterocycles. The zero-order valence-corrected chi connectivity index (χ0v) is 17.6. The van der Waals surface area contributed by atoms with Crippen LogP contribution >= 0.6 is 0 Å². The Morgan fingerprint density at radius 3 is 2.52 bits per heavy atom. The Bertz CT molecular complexity index is 1280. The number of benzene rings is 1. The predicted molar refractivity (Wildman–Crippen MR) is 112 cm³/mol. The number of carbonyl (C=O) groups excluding carboxylic acids is 1. The molecule has 3 heterocycles. The molecule has 1 amide bonds. The Labute approximate surface area is 186 Å². The van der Waals surface area contributed by atoms with Gasteiger partial charge >= 0.3 is 6.18 Å². The van der Waals surface area contributed by atoms with Crippen molar-refractivity contribution in [2.75, 3.05) is 0 Å². The number of pyridine rings is 1. The van der Waals surface area contributed by atoms with Gasteiger partial charge in [0.1, 0.15) is 0 Å². The quantitative estimate of drug-likeness (QED) is 0.495. The molecule has 33 heavy (non-hydrogen) atoms. The fourth-order valence-corrected chi connectivity index (χ4v) is 3.06. The summed E-state index contributed by atoms with van der Waals surface area (Å²) in [5, 5.41) is 17.6. The van der Waals surface area contributed by atoms with Crippen molar-refractivity contribution < 1.29 is 18.0 Å². The number of nitrogens with zero attached hydrogens (tertiary/aromatic N) is 6. The molecule has 0 spiro atoms. The summed E-state index contributed by atoms with van der Waals surface area (Å²) in [7, 11) is 0. The van der Waals surface area contributed by atoms with Gasteiger partial charge in [0.05, 0.1) is 35.5 Å². The highest BCUT2D eigenvalue weighted by Crippen LogP contribution is 2.31. The molecule has 4 rings (SSSR count). The van der Waals surface area contributed by atoms with E-state index in [0.717, 1.165) is 11.3 Å². The lowest BCUT2D eigenvalue weighted by Gasteiger charge is -2.13. The van der Waals surface area contributed by atoms with Crippen molar-refractivity contribution in [1.82, 2.24) is 35.5 Å². The number of alkyl halides is 3. The van der Waals surface area contributed by atoms with Crippen molar-refractivity contribution in [1.29, 1.82) is 0 Å². The maximum absolute atomic E-state index is 13.4. The molecule has 0 saturated carbocycles. The summed E-state index contributed by atoms with van der Waals surface area (Å²) in [6, 6.07) is 11.4. The van der Waals surface area contributed by atoms with E-state index < -0.39 is 17.8 Å². The summed E-state index contributed by atoms with van der Waals surface area (Å²) in [5.41, 5.74) is 2.25. The first-order chi connectivity index (χ1) is 15.7. The van der Waals surface area contributed by atoms with E-state index in [9.17, 15) is 18.0 Å². The summed E-state index contributed by atoms with van der Waals surface area (Å²) in [5.74, 6) is -0.499. The highest BCUT2D eigenvalue weighted by Gasteiger charge is 2.36. The smallest absolute Gasteiger partial charge is 0.346 e. The Balaban J connectivity index is 1.73. The van der Waals surface area contributed by atoms with Crippen molar-refractivity contribution in [2.24, 2.45) is 0 Å². The summed E-state index contributed by atoms with van der Waals surface area (Å²) in [4.78, 5) is 17.2. The average molecular weight is 453 g/mol. The van der Waals surface area contributed by atoms with Gasteiger partial charge in [0.15, 0.2) is 5.69 Å². The number of nitrogens with one attached hydrogen (secondary N) is 1. The molecule has 0 aliphatic rings. The van der Waals surface area contributed by atoms with E-state index in [0.29, 0.717) is 27.8 Å². The molecule has 3 aromatic heterocycles. The van der Waals surface area contributed by atoms with E-state index in [-0.39, 0.29) is 17.8 Å². The second kappa shape index (κ2) is 8.77. The van der Waals surface area contributed by atoms with E-state index in [1.54, 1.807) is 37.4 Å². The number of hydrogen-bond donors (Lipinski definition) is 1. The SMILES string of the molecule is Cc1ccc(-c2cc(C(=O)NCc3ccc(C)nn3)cc(-n3nncc3C(F)(F)F)c2)nc1. The lowest BCUT2D eigenvalue weighted by molar-refractivity contribution is -0.142. The van der Waals surface area contributed by atoms with Crippen molar-refractivity contribution >= 4 is 5.91 Å². The van der Waals surface area contributed by atoms with Gasteiger partial charge in [-0.25, -0.2) is 4.68 Å². The molecule has 1 N–H and O–H groups in total. The molecule has 0 saturated heterocycles. The standard InChI is InChI=1S/C22H18F3N7O/c1-13-3-6-19(26-10-13)15-7-16(21(33)27-11-17-5-4-14(2)29-30-17)9-18(8-15)32-20(12-28-31-32)22(23,24)25/h3-10,12H,11H2,1-2H3,(H,27,33). The van der Waals surface area contributed by atoms with Crippen LogP contribution in [0.2, 0.25) is 0 Å². The minimum atomic E-state index is -4.67. The van der Waals surface area contributed by atoms with E-state index in [2.05, 4.69) is 30.8 Å². The van der Waals surface area contributed by atoms with Crippen molar-refractivity contribution in [3.8, 4) is 16.9 Å². The van der Waals surface area contributed by atoms with Crippen LogP contribution in [-0.2, 0) is 12.7 Å². The molecule has 4 aromatic rings. The van der Waals surface area contributed by atoms with Crippen LogP contribution in [0.1, 0.15) is 33.0 Å². The molecule has 0 unspecified atom stereocenters. The fraction of sp³-hybridized carbons (Fsp3) is 0.182. The first-order valence-corrected chi connectivity index (χ1v) is 9.84. The van der Waals surface area contributed by atoms with Gasteiger partial charge in [0.2, 0.25) is 0 Å². The third-order valence-electron chi connectivity index (χ3n) is 4.75. The molecule has 0 atom stereocenters. The number of aromatic nitrogens is 6. The zero-order valence-electron chi connectivity index (χ0n) is 17.6. The van der Waals surface area contributed by atoms with Crippen LogP contribution in [0.4, 0.5) is 13.2 Å². The molecule has 0 aliphatic carbocycles. The minimum Gasteiger partial charge on any atom is -0.346 e. The number of amides is 1. The van der Waals surface area contributed by atoms with Gasteiger partial charge in [-0.15, -0.1) is 5.10 Å². The highest BCUT2D eigenvalue weighted by molar-refractivity contribution is 5.96. The van der Waals surface area contributed by atoms with Gasteiger partial charge < -0.3 is 5.32 Å². The Morgan fingerprint density at radius 2 is 1.85 bits per heavy atom. The fourth-order valence-electron chi connectivity index (χ4n) is 3.06. The summed E-state index contributed by atoms with van der Waals surface area (Å²) < 4.78 is 40.9. The van der Waals surface area contributed by atoms with E-state index >= 15 is 0 Å². The molecular weight excluding hydrogens is 435 g/mol. The average Bonchev–Trinajstić information content (AvgIpc) is 3.29. The monoisotopic (exact) mass is 453 g/mol. The van der Waals surface area contributed by atoms with Gasteiger partial charge in [0, 0.05) is 17.3 Å². The predicted octanol–water partition coefficient (Wildman–Crippen LogP) is 3.68. The Kier molecular flexibility index (Phi) is 5.86. The summed E-state index contributed by atoms with van der Waals surface area (Å²) in [6.45, 7) is 3.76. The van der Waals surface area contributed by atoms with Crippen LogP contribution in [0, 0.1) is 13.8 Å². The lowest BCUT2D eigenvalue weighted by Crippen LogP contribution is -2.24. The van der Waals surface area contributed by atoms with Gasteiger partial charge in [-0.1, -0.05) is 11.3 Å². The first-order valence-electron chi connectivity index (χ1n) is 9.84. The normalized spacial score (nSPS) is 11.4. The van der Waals surface area contributed by atoms with E-state index in [4.69, 9.17) is 0 Å². The van der Waals surface area contributed by atoms with Crippen LogP contribution in [-0.4, -0.2) is 36.1 Å². The van der Waals surface area contributed by atoms with E-state index in [1.807, 2.05) is 13.0 Å². The topological polar surface area (TPSA) is 98.5 Å². The third kappa shape index (κ3) is 5.03. The number of halogens is 3. The molecule has 0 bridgehead atoms. The Morgan fingerprint density at radius 1 is 1.03 bits per heavy atom. The number of hydrogen-bond acceptors (Lipinski definition) is 6. The molecular formula is C22H18F3N7O. The van der Waals surface area contributed by atoms with Gasteiger partial charge in [-0.3, -0.25) is 9.78 Å². The van der Waals surface area contributed by atoms with Gasteiger partial charge in [-0.05, 0) is 55.8 Å². The van der Waals surface area contributed by atoms with Crippen LogP contribution in [0.5, 0.6) is 0 Å². The molecule has 11 heteroatoms. The molecule has 0 fully saturated rings. The van der Waals surface area contributed by atoms with Gasteiger partial charge in [-0.2, -0.15) is 23.4 Å². The molecule has 1 aromatic carbocycles. The highest BCUT2D eigenvalue weighted by atomic mass is 19.4. The van der Waals surface area contributed by atoms with Crippen molar-refractivity contribution in [2.45, 2.75) is 26.6 Å². The van der Waals surface area contributed by atoms with Crippen molar-refractivity contribution in [3.63, 3.8) is 0 Å². The maximum Gasteiger partial charge on any atom is 0.435 e. The number of aryl methyl sites for hydroxylation is 2. The number of rotatable bonds is 5. The number of carbonyl (C=O) groups is 1. The first kappa shape index (κ1) is 22.1. The summed E-state index contributed by atoms with van der Waals surface area (Å²) in [6.07, 6.45) is -2.41. The molecule has 8 nitrogen and oxygen atoms in total. The molecule has 168 valence electrons. The minimum absolute atomic E-state index is 0.0278. The zero-order chi connectivity index (χ0) is 23.6. The van der Waals surface area contributed by atoms with Crippen LogP contribution in [0.15, 0.2) is 54.9 Å². The maximum atomic E-state index is 13.4. The van der Waals surface area contributed by atoms with Gasteiger partial charge in [0.25, 0.3) is 5.91 Å². The Hall–Kier alpha value is -4.15. The van der Waals surface area contributed by atoms with Crippen LogP contribution in [0.3, 0.4) is 0 Å². The van der Waals surface area contributed by atoms with Crippen LogP contribution < -0.4 is 5.32 Å². The second-order valence-corrected chi connectivity index (χ2v) is 7.37. The van der Waals surface area contributed by atoms with Crippen LogP contribution in [0.25, 0.3) is 16.9 Å². The second-order valence-electron chi connectivity index (χ2n) is 7.37. The lowest BCUT2D eigenvalue weighted by atomic mass is 10.0. The largest absolute Gasteiger partial charge is 0.435 e. The molecule has 0 radical (unpaired) electrons. The third-order valence-corrected chi connectivity index (χ3v) is 4.75. The van der Waals surface area contributed by atoms with Crippen molar-refractivity contribution in [3.05, 3.63) is 83.1 Å².